The first kappa shape index (κ1) is 15.4. The Hall–Kier alpha value is -0.690. The maximum absolute atomic E-state index is 6.12. The molecule has 18 heavy (non-hydrogen) atoms. The van der Waals surface area contributed by atoms with Crippen LogP contribution in [0.5, 0.6) is 5.75 Å². The van der Waals surface area contributed by atoms with E-state index in [0.717, 1.165) is 5.75 Å². The van der Waals surface area contributed by atoms with Crippen LogP contribution >= 0.6 is 11.6 Å². The number of hydrogen-bond donors (Lipinski definition) is 0. The summed E-state index contributed by atoms with van der Waals surface area (Å²) in [6.45, 7) is 8.90. The van der Waals surface area contributed by atoms with Gasteiger partial charge in [-0.05, 0) is 25.5 Å². The zero-order valence-electron chi connectivity index (χ0n) is 12.0. The maximum Gasteiger partial charge on any atom is 0.138 e. The summed E-state index contributed by atoms with van der Waals surface area (Å²) in [6, 6.07) is 7.68. The molecule has 0 saturated carbocycles. The number of hydrogen-bond acceptors (Lipinski definition) is 1. The molecule has 0 spiro atoms. The van der Waals surface area contributed by atoms with Crippen molar-refractivity contribution in [2.75, 3.05) is 0 Å². The minimum absolute atomic E-state index is 0.161. The van der Waals surface area contributed by atoms with E-state index in [1.807, 2.05) is 24.3 Å². The topological polar surface area (TPSA) is 9.23 Å². The average Bonchev–Trinajstić information content (AvgIpc) is 2.32. The average molecular weight is 269 g/mol. The van der Waals surface area contributed by atoms with Crippen LogP contribution in [0.25, 0.3) is 0 Å². The summed E-state index contributed by atoms with van der Waals surface area (Å²) >= 11 is 6.12. The van der Waals surface area contributed by atoms with Crippen molar-refractivity contribution in [3.8, 4) is 5.75 Å². The third-order valence-corrected chi connectivity index (χ3v) is 3.98. The third-order valence-electron chi connectivity index (χ3n) is 3.67. The Morgan fingerprint density at radius 3 is 2.50 bits per heavy atom. The van der Waals surface area contributed by atoms with Crippen LogP contribution in [-0.2, 0) is 0 Å². The van der Waals surface area contributed by atoms with Crippen LogP contribution in [0.15, 0.2) is 24.3 Å². The van der Waals surface area contributed by atoms with Crippen LogP contribution in [0.3, 0.4) is 0 Å². The lowest BCUT2D eigenvalue weighted by Crippen LogP contribution is -2.31. The van der Waals surface area contributed by atoms with E-state index in [1.54, 1.807) is 0 Å². The van der Waals surface area contributed by atoms with Gasteiger partial charge >= 0.3 is 0 Å². The van der Waals surface area contributed by atoms with E-state index in [2.05, 4.69) is 27.7 Å². The molecule has 0 aromatic heterocycles. The SMILES string of the molecule is CCCCCC(C)(C)C(C)Oc1ccccc1Cl. The van der Waals surface area contributed by atoms with Crippen molar-refractivity contribution in [3.05, 3.63) is 29.3 Å². The van der Waals surface area contributed by atoms with E-state index >= 15 is 0 Å². The van der Waals surface area contributed by atoms with Crippen molar-refractivity contribution < 1.29 is 4.74 Å². The van der Waals surface area contributed by atoms with E-state index in [9.17, 15) is 0 Å². The molecule has 0 aliphatic heterocycles. The standard InChI is InChI=1S/C16H25ClO/c1-5-6-9-12-16(3,4)13(2)18-15-11-8-7-10-14(15)17/h7-8,10-11,13H,5-6,9,12H2,1-4H3. The number of benzene rings is 1. The van der Waals surface area contributed by atoms with Crippen LogP contribution < -0.4 is 4.74 Å². The lowest BCUT2D eigenvalue weighted by molar-refractivity contribution is 0.0795. The van der Waals surface area contributed by atoms with E-state index < -0.39 is 0 Å². The first-order valence-corrected chi connectivity index (χ1v) is 7.26. The Morgan fingerprint density at radius 1 is 1.22 bits per heavy atom. The molecule has 0 aliphatic carbocycles. The summed E-state index contributed by atoms with van der Waals surface area (Å²) < 4.78 is 6.01. The molecule has 1 rings (SSSR count). The van der Waals surface area contributed by atoms with Crippen LogP contribution in [0.4, 0.5) is 0 Å². The lowest BCUT2D eigenvalue weighted by atomic mass is 9.82. The highest BCUT2D eigenvalue weighted by molar-refractivity contribution is 6.32. The van der Waals surface area contributed by atoms with Gasteiger partial charge in [0.2, 0.25) is 0 Å². The fourth-order valence-electron chi connectivity index (χ4n) is 1.92. The van der Waals surface area contributed by atoms with Gasteiger partial charge in [0.15, 0.2) is 0 Å². The minimum Gasteiger partial charge on any atom is -0.489 e. The van der Waals surface area contributed by atoms with E-state index in [0.29, 0.717) is 5.02 Å². The summed E-state index contributed by atoms with van der Waals surface area (Å²) in [5.41, 5.74) is 0.175. The molecule has 0 amide bonds. The van der Waals surface area contributed by atoms with E-state index in [4.69, 9.17) is 16.3 Å². The molecule has 0 bridgehead atoms. The van der Waals surface area contributed by atoms with Crippen LogP contribution in [-0.4, -0.2) is 6.10 Å². The zero-order valence-corrected chi connectivity index (χ0v) is 12.8. The number of para-hydroxylation sites is 1. The van der Waals surface area contributed by atoms with Crippen molar-refractivity contribution >= 4 is 11.6 Å². The first-order valence-electron chi connectivity index (χ1n) is 6.88. The van der Waals surface area contributed by atoms with Crippen molar-refractivity contribution in [2.24, 2.45) is 5.41 Å². The summed E-state index contributed by atoms with van der Waals surface area (Å²) in [4.78, 5) is 0. The van der Waals surface area contributed by atoms with Gasteiger partial charge in [0.05, 0.1) is 5.02 Å². The highest BCUT2D eigenvalue weighted by atomic mass is 35.5. The fraction of sp³-hybridized carbons (Fsp3) is 0.625. The van der Waals surface area contributed by atoms with Crippen LogP contribution in [0.1, 0.15) is 53.4 Å². The summed E-state index contributed by atoms with van der Waals surface area (Å²) in [5.74, 6) is 0.787. The van der Waals surface area contributed by atoms with Crippen molar-refractivity contribution in [1.82, 2.24) is 0 Å². The molecule has 1 atom stereocenters. The molecule has 0 saturated heterocycles. The monoisotopic (exact) mass is 268 g/mol. The molecule has 102 valence electrons. The predicted molar refractivity (Wildman–Crippen MR) is 79.5 cm³/mol. The third kappa shape index (κ3) is 4.53. The molecule has 1 unspecified atom stereocenters. The Labute approximate surface area is 116 Å². The van der Waals surface area contributed by atoms with Gasteiger partial charge in [0.25, 0.3) is 0 Å². The quantitative estimate of drug-likeness (QED) is 0.575. The molecule has 1 nitrogen and oxygen atoms in total. The van der Waals surface area contributed by atoms with Crippen LogP contribution in [0, 0.1) is 5.41 Å². The molecular formula is C16H25ClO. The summed E-state index contributed by atoms with van der Waals surface area (Å²) in [6.07, 6.45) is 5.17. The Bertz CT molecular complexity index is 360. The molecule has 0 radical (unpaired) electrons. The van der Waals surface area contributed by atoms with Gasteiger partial charge in [0.1, 0.15) is 11.9 Å². The molecule has 2 heteroatoms. The maximum atomic E-state index is 6.12. The number of ether oxygens (including phenoxy) is 1. The number of halogens is 1. The predicted octanol–water partition coefficient (Wildman–Crippen LogP) is 5.71. The molecule has 0 N–H and O–H groups in total. The smallest absolute Gasteiger partial charge is 0.138 e. The minimum atomic E-state index is 0.161. The number of rotatable bonds is 7. The normalized spacial score (nSPS) is 13.4. The Kier molecular flexibility index (Phi) is 6.01. The van der Waals surface area contributed by atoms with E-state index in [-0.39, 0.29) is 11.5 Å². The first-order chi connectivity index (χ1) is 8.47. The molecule has 0 heterocycles. The molecule has 0 aliphatic rings. The van der Waals surface area contributed by atoms with Gasteiger partial charge in [-0.25, -0.2) is 0 Å². The van der Waals surface area contributed by atoms with Crippen LogP contribution in [0.2, 0.25) is 5.02 Å². The molecule has 1 aromatic carbocycles. The van der Waals surface area contributed by atoms with Crippen molar-refractivity contribution in [1.29, 1.82) is 0 Å². The lowest BCUT2D eigenvalue weighted by Gasteiger charge is -2.32. The Balaban J connectivity index is 2.58. The second-order valence-electron chi connectivity index (χ2n) is 5.64. The zero-order chi connectivity index (χ0) is 13.6. The largest absolute Gasteiger partial charge is 0.489 e. The second kappa shape index (κ2) is 7.04. The fourth-order valence-corrected chi connectivity index (χ4v) is 2.10. The number of unbranched alkanes of at least 4 members (excludes halogenated alkanes) is 2. The van der Waals surface area contributed by atoms with E-state index in [1.165, 1.54) is 25.7 Å². The summed E-state index contributed by atoms with van der Waals surface area (Å²) in [5, 5.41) is 0.689. The molecular weight excluding hydrogens is 244 g/mol. The van der Waals surface area contributed by atoms with Gasteiger partial charge in [-0.2, -0.15) is 0 Å². The van der Waals surface area contributed by atoms with Gasteiger partial charge in [-0.1, -0.05) is 63.8 Å². The van der Waals surface area contributed by atoms with Gasteiger partial charge < -0.3 is 4.74 Å². The molecule has 0 fully saturated rings. The molecule has 1 aromatic rings. The highest BCUT2D eigenvalue weighted by Gasteiger charge is 2.27. The highest BCUT2D eigenvalue weighted by Crippen LogP contribution is 2.33. The summed E-state index contributed by atoms with van der Waals surface area (Å²) in [7, 11) is 0. The Morgan fingerprint density at radius 2 is 1.89 bits per heavy atom. The van der Waals surface area contributed by atoms with Gasteiger partial charge in [-0.15, -0.1) is 0 Å². The van der Waals surface area contributed by atoms with Gasteiger partial charge in [-0.3, -0.25) is 0 Å². The van der Waals surface area contributed by atoms with Crippen molar-refractivity contribution in [3.63, 3.8) is 0 Å². The van der Waals surface area contributed by atoms with Crippen molar-refractivity contribution in [2.45, 2.75) is 59.5 Å². The van der Waals surface area contributed by atoms with Gasteiger partial charge in [0, 0.05) is 5.41 Å². The second-order valence-corrected chi connectivity index (χ2v) is 6.04.